The van der Waals surface area contributed by atoms with E-state index in [1.54, 1.807) is 12.1 Å². The Morgan fingerprint density at radius 1 is 0.900 bits per heavy atom. The van der Waals surface area contributed by atoms with Gasteiger partial charge in [-0.25, -0.2) is 4.98 Å². The Morgan fingerprint density at radius 3 is 2.50 bits per heavy atom. The second-order valence-electron chi connectivity index (χ2n) is 4.85. The van der Waals surface area contributed by atoms with Crippen molar-refractivity contribution >= 4 is 16.7 Å². The number of carbonyl (C=O) groups excluding carboxylic acids is 1. The lowest BCUT2D eigenvalue weighted by Gasteiger charge is -2.04. The molecule has 3 heteroatoms. The summed E-state index contributed by atoms with van der Waals surface area (Å²) in [6.07, 6.45) is 0. The Morgan fingerprint density at radius 2 is 1.70 bits per heavy atom. The molecule has 98 valence electrons. The van der Waals surface area contributed by atoms with E-state index in [0.29, 0.717) is 11.3 Å². The minimum Gasteiger partial charge on any atom is -0.287 e. The quantitative estimate of drug-likeness (QED) is 0.664. The normalized spacial score (nSPS) is 10.7. The zero-order valence-electron chi connectivity index (χ0n) is 11.4. The highest BCUT2D eigenvalue weighted by atomic mass is 16.1. The first-order chi connectivity index (χ1) is 9.63. The van der Waals surface area contributed by atoms with Gasteiger partial charge in [0.05, 0.1) is 5.52 Å². The number of ketones is 1. The number of hydrogen-bond donors (Lipinski definition) is 0. The predicted molar refractivity (Wildman–Crippen MR) is 78.9 cm³/mol. The van der Waals surface area contributed by atoms with Crippen molar-refractivity contribution in [1.82, 2.24) is 9.97 Å². The molecule has 3 rings (SSSR count). The average Bonchev–Trinajstić information content (AvgIpc) is 2.46. The molecular weight excluding hydrogens is 248 g/mol. The molecule has 0 aliphatic carbocycles. The van der Waals surface area contributed by atoms with Gasteiger partial charge in [-0.1, -0.05) is 12.1 Å². The fraction of sp³-hybridized carbons (Fsp3) is 0.118. The van der Waals surface area contributed by atoms with E-state index in [0.717, 1.165) is 22.3 Å². The molecule has 0 fully saturated rings. The summed E-state index contributed by atoms with van der Waals surface area (Å²) in [5.74, 6) is -0.0591. The smallest absolute Gasteiger partial charge is 0.211 e. The van der Waals surface area contributed by atoms with Crippen molar-refractivity contribution in [3.8, 4) is 0 Å². The third-order valence-corrected chi connectivity index (χ3v) is 3.21. The third-order valence-electron chi connectivity index (χ3n) is 3.21. The van der Waals surface area contributed by atoms with Gasteiger partial charge in [-0.05, 0) is 50.2 Å². The molecule has 0 bridgehead atoms. The summed E-state index contributed by atoms with van der Waals surface area (Å²) >= 11 is 0. The average molecular weight is 262 g/mol. The Bertz CT molecular complexity index is 809. The number of hydrogen-bond acceptors (Lipinski definition) is 3. The van der Waals surface area contributed by atoms with E-state index in [-0.39, 0.29) is 5.78 Å². The van der Waals surface area contributed by atoms with Crippen molar-refractivity contribution in [2.45, 2.75) is 13.8 Å². The Balaban J connectivity index is 2.06. The van der Waals surface area contributed by atoms with Crippen LogP contribution in [0, 0.1) is 13.8 Å². The van der Waals surface area contributed by atoms with Crippen LogP contribution in [0.5, 0.6) is 0 Å². The van der Waals surface area contributed by atoms with E-state index in [1.807, 2.05) is 50.2 Å². The molecule has 2 heterocycles. The largest absolute Gasteiger partial charge is 0.287 e. The van der Waals surface area contributed by atoms with Crippen LogP contribution in [-0.2, 0) is 0 Å². The number of aryl methyl sites for hydroxylation is 2. The Labute approximate surface area is 117 Å². The molecule has 3 aromatic rings. The first-order valence-corrected chi connectivity index (χ1v) is 6.49. The summed E-state index contributed by atoms with van der Waals surface area (Å²) in [5, 5.41) is 0.967. The molecule has 0 N–H and O–H groups in total. The lowest BCUT2D eigenvalue weighted by Crippen LogP contribution is -2.04. The molecule has 0 atom stereocenters. The molecular formula is C17H14N2O. The van der Waals surface area contributed by atoms with E-state index in [1.165, 1.54) is 0 Å². The topological polar surface area (TPSA) is 42.9 Å². The maximum atomic E-state index is 12.4. The van der Waals surface area contributed by atoms with Crippen LogP contribution in [0.3, 0.4) is 0 Å². The summed E-state index contributed by atoms with van der Waals surface area (Å²) in [7, 11) is 0. The van der Waals surface area contributed by atoms with Crippen LogP contribution in [0.15, 0.2) is 48.5 Å². The SMILES string of the molecule is Cc1cccc(C(=O)c2ccc3nc(C)ccc3c2)n1. The van der Waals surface area contributed by atoms with Crippen LogP contribution in [0.25, 0.3) is 10.9 Å². The van der Waals surface area contributed by atoms with Crippen LogP contribution in [0.2, 0.25) is 0 Å². The number of fused-ring (bicyclic) bond motifs is 1. The van der Waals surface area contributed by atoms with Crippen molar-refractivity contribution in [3.05, 3.63) is 71.2 Å². The minimum atomic E-state index is -0.0591. The fourth-order valence-corrected chi connectivity index (χ4v) is 2.19. The van der Waals surface area contributed by atoms with E-state index >= 15 is 0 Å². The molecule has 0 spiro atoms. The van der Waals surface area contributed by atoms with Gasteiger partial charge in [-0.3, -0.25) is 9.78 Å². The van der Waals surface area contributed by atoms with Crippen LogP contribution in [0.1, 0.15) is 27.4 Å². The molecule has 3 nitrogen and oxygen atoms in total. The van der Waals surface area contributed by atoms with Crippen molar-refractivity contribution in [1.29, 1.82) is 0 Å². The molecule has 0 aliphatic heterocycles. The van der Waals surface area contributed by atoms with Crippen LogP contribution < -0.4 is 0 Å². The third kappa shape index (κ3) is 2.30. The lowest BCUT2D eigenvalue weighted by molar-refractivity contribution is 0.103. The number of benzene rings is 1. The van der Waals surface area contributed by atoms with Gasteiger partial charge >= 0.3 is 0 Å². The monoisotopic (exact) mass is 262 g/mol. The predicted octanol–water partition coefficient (Wildman–Crippen LogP) is 3.48. The molecule has 0 saturated carbocycles. The highest BCUT2D eigenvalue weighted by molar-refractivity contribution is 6.09. The fourth-order valence-electron chi connectivity index (χ4n) is 2.19. The van der Waals surface area contributed by atoms with Gasteiger partial charge in [0.25, 0.3) is 0 Å². The van der Waals surface area contributed by atoms with E-state index in [4.69, 9.17) is 0 Å². The van der Waals surface area contributed by atoms with E-state index < -0.39 is 0 Å². The molecule has 1 aromatic carbocycles. The first-order valence-electron chi connectivity index (χ1n) is 6.49. The number of pyridine rings is 2. The van der Waals surface area contributed by atoms with Crippen molar-refractivity contribution in [2.75, 3.05) is 0 Å². The van der Waals surface area contributed by atoms with Gasteiger partial charge in [0.1, 0.15) is 5.69 Å². The zero-order chi connectivity index (χ0) is 14.1. The van der Waals surface area contributed by atoms with Gasteiger partial charge in [-0.2, -0.15) is 0 Å². The van der Waals surface area contributed by atoms with Gasteiger partial charge in [0, 0.05) is 22.3 Å². The van der Waals surface area contributed by atoms with E-state index in [9.17, 15) is 4.79 Å². The molecule has 0 radical (unpaired) electrons. The molecule has 0 amide bonds. The number of rotatable bonds is 2. The summed E-state index contributed by atoms with van der Waals surface area (Å²) < 4.78 is 0. The second-order valence-corrected chi connectivity index (χ2v) is 4.85. The molecule has 0 saturated heterocycles. The van der Waals surface area contributed by atoms with E-state index in [2.05, 4.69) is 9.97 Å². The Hall–Kier alpha value is -2.55. The Kier molecular flexibility index (Phi) is 3.03. The summed E-state index contributed by atoms with van der Waals surface area (Å²) in [4.78, 5) is 21.1. The van der Waals surface area contributed by atoms with Crippen LogP contribution >= 0.6 is 0 Å². The number of nitrogens with zero attached hydrogens (tertiary/aromatic N) is 2. The van der Waals surface area contributed by atoms with Gasteiger partial charge in [-0.15, -0.1) is 0 Å². The summed E-state index contributed by atoms with van der Waals surface area (Å²) in [5.41, 5.74) is 3.83. The van der Waals surface area contributed by atoms with Crippen LogP contribution in [0.4, 0.5) is 0 Å². The highest BCUT2D eigenvalue weighted by Crippen LogP contribution is 2.17. The van der Waals surface area contributed by atoms with Crippen molar-refractivity contribution < 1.29 is 4.79 Å². The molecule has 0 aliphatic rings. The maximum Gasteiger partial charge on any atom is 0.211 e. The number of aromatic nitrogens is 2. The summed E-state index contributed by atoms with van der Waals surface area (Å²) in [6.45, 7) is 3.83. The van der Waals surface area contributed by atoms with Gasteiger partial charge in [0.2, 0.25) is 5.78 Å². The van der Waals surface area contributed by atoms with Crippen molar-refractivity contribution in [3.63, 3.8) is 0 Å². The maximum absolute atomic E-state index is 12.4. The van der Waals surface area contributed by atoms with Gasteiger partial charge in [0.15, 0.2) is 0 Å². The first kappa shape index (κ1) is 12.5. The molecule has 20 heavy (non-hydrogen) atoms. The zero-order valence-corrected chi connectivity index (χ0v) is 11.4. The van der Waals surface area contributed by atoms with Crippen molar-refractivity contribution in [2.24, 2.45) is 0 Å². The second kappa shape index (κ2) is 4.85. The van der Waals surface area contributed by atoms with Crippen LogP contribution in [-0.4, -0.2) is 15.8 Å². The standard InChI is InChI=1S/C17H14N2O/c1-11-4-3-5-16(19-11)17(20)14-8-9-15-13(10-14)7-6-12(2)18-15/h3-10H,1-2H3. The molecule has 2 aromatic heterocycles. The highest BCUT2D eigenvalue weighted by Gasteiger charge is 2.11. The number of carbonyl (C=O) groups is 1. The molecule has 0 unspecified atom stereocenters. The van der Waals surface area contributed by atoms with Gasteiger partial charge < -0.3 is 0 Å². The minimum absolute atomic E-state index is 0.0591. The lowest BCUT2D eigenvalue weighted by atomic mass is 10.0. The summed E-state index contributed by atoms with van der Waals surface area (Å²) in [6, 6.07) is 15.0.